The van der Waals surface area contributed by atoms with Crippen LogP contribution in [0.1, 0.15) is 20.3 Å². The van der Waals surface area contributed by atoms with Gasteiger partial charge in [0, 0.05) is 0 Å². The van der Waals surface area contributed by atoms with E-state index in [0.29, 0.717) is 18.8 Å². The second kappa shape index (κ2) is 6.65. The van der Waals surface area contributed by atoms with Gasteiger partial charge in [0.15, 0.2) is 0 Å². The summed E-state index contributed by atoms with van der Waals surface area (Å²) in [6.07, 6.45) is 5.06. The Kier molecular flexibility index (Phi) is 6.07. The Bertz CT molecular complexity index is 192. The zero-order valence-electron chi connectivity index (χ0n) is 7.64. The number of allylic oxidation sites excluding steroid dienone is 4. The molecule has 0 aromatic carbocycles. The smallest absolute Gasteiger partial charge is 0.112 e. The molecular weight excluding hydrogens is 155 g/mol. The molecule has 0 atom stereocenters. The molecule has 0 aliphatic heterocycles. The lowest BCUT2D eigenvalue weighted by Crippen LogP contribution is -1.84. The molecule has 0 unspecified atom stereocenters. The molecule has 0 aliphatic rings. The van der Waals surface area contributed by atoms with Crippen LogP contribution in [0.4, 0.5) is 4.39 Å². The minimum Gasteiger partial charge on any atom is -0.495 e. The van der Waals surface area contributed by atoms with Gasteiger partial charge in [-0.05, 0) is 25.5 Å². The lowest BCUT2D eigenvalue weighted by molar-refractivity contribution is 0.244. The van der Waals surface area contributed by atoms with Gasteiger partial charge in [0.05, 0.1) is 12.4 Å². The minimum atomic E-state index is -0.143. The van der Waals surface area contributed by atoms with E-state index in [-0.39, 0.29) is 5.83 Å². The quantitative estimate of drug-likeness (QED) is 0.454. The Morgan fingerprint density at radius 2 is 2.17 bits per heavy atom. The molecule has 0 heterocycles. The van der Waals surface area contributed by atoms with Crippen molar-refractivity contribution >= 4 is 0 Å². The molecule has 0 bridgehead atoms. The first-order valence-electron chi connectivity index (χ1n) is 4.05. The van der Waals surface area contributed by atoms with Crippen LogP contribution >= 0.6 is 0 Å². The highest BCUT2D eigenvalue weighted by Gasteiger charge is 1.85. The summed E-state index contributed by atoms with van der Waals surface area (Å²) < 4.78 is 17.5. The fourth-order valence-electron chi connectivity index (χ4n) is 0.611. The van der Waals surface area contributed by atoms with Crippen LogP contribution in [0.3, 0.4) is 0 Å². The molecular formula is C10H15FO. The molecule has 0 spiro atoms. The van der Waals surface area contributed by atoms with Crippen LogP contribution in [0.5, 0.6) is 0 Å². The highest BCUT2D eigenvalue weighted by atomic mass is 19.1. The molecule has 0 aromatic heterocycles. The number of rotatable bonds is 5. The molecule has 0 aromatic rings. The van der Waals surface area contributed by atoms with Gasteiger partial charge >= 0.3 is 0 Å². The molecule has 0 N–H and O–H groups in total. The van der Waals surface area contributed by atoms with Crippen molar-refractivity contribution in [3.8, 4) is 0 Å². The zero-order chi connectivity index (χ0) is 9.40. The average molecular weight is 170 g/mol. The standard InChI is InChI=1S/C10H15FO/c1-4-10(11)8-6-7-9(3)12-5-2/h6-8H,3-5H2,1-2H3/b7-6-,10-8+. The first kappa shape index (κ1) is 11.0. The highest BCUT2D eigenvalue weighted by Crippen LogP contribution is 2.02. The Morgan fingerprint density at radius 3 is 2.67 bits per heavy atom. The third-order valence-electron chi connectivity index (χ3n) is 1.23. The van der Waals surface area contributed by atoms with Crippen molar-refractivity contribution in [3.05, 3.63) is 36.4 Å². The first-order valence-corrected chi connectivity index (χ1v) is 4.05. The van der Waals surface area contributed by atoms with Crippen LogP contribution in [0.25, 0.3) is 0 Å². The third kappa shape index (κ3) is 5.71. The van der Waals surface area contributed by atoms with Crippen molar-refractivity contribution in [2.75, 3.05) is 6.61 Å². The molecule has 2 heteroatoms. The Hall–Kier alpha value is -1.05. The van der Waals surface area contributed by atoms with Crippen LogP contribution in [0.15, 0.2) is 36.4 Å². The van der Waals surface area contributed by atoms with Crippen LogP contribution in [-0.2, 0) is 4.74 Å². The zero-order valence-corrected chi connectivity index (χ0v) is 7.64. The summed E-state index contributed by atoms with van der Waals surface area (Å²) >= 11 is 0. The van der Waals surface area contributed by atoms with E-state index in [1.54, 1.807) is 19.1 Å². The van der Waals surface area contributed by atoms with Gasteiger partial charge in [-0.3, -0.25) is 0 Å². The van der Waals surface area contributed by atoms with Crippen molar-refractivity contribution in [2.24, 2.45) is 0 Å². The van der Waals surface area contributed by atoms with E-state index >= 15 is 0 Å². The summed E-state index contributed by atoms with van der Waals surface area (Å²) in [6, 6.07) is 0. The Balaban J connectivity index is 3.83. The topological polar surface area (TPSA) is 9.23 Å². The average Bonchev–Trinajstić information content (AvgIpc) is 2.04. The SMILES string of the molecule is C=C(/C=C\C=C(\F)CC)OCC. The summed E-state index contributed by atoms with van der Waals surface area (Å²) in [6.45, 7) is 7.83. The number of halogens is 1. The fraction of sp³-hybridized carbons (Fsp3) is 0.400. The van der Waals surface area contributed by atoms with E-state index < -0.39 is 0 Å². The van der Waals surface area contributed by atoms with E-state index in [1.165, 1.54) is 6.08 Å². The van der Waals surface area contributed by atoms with Gasteiger partial charge in [0.2, 0.25) is 0 Å². The molecule has 0 radical (unpaired) electrons. The lowest BCUT2D eigenvalue weighted by atomic mass is 10.3. The maximum atomic E-state index is 12.5. The summed E-state index contributed by atoms with van der Waals surface area (Å²) in [5.41, 5.74) is 0. The van der Waals surface area contributed by atoms with Gasteiger partial charge in [-0.25, -0.2) is 4.39 Å². The van der Waals surface area contributed by atoms with E-state index in [9.17, 15) is 4.39 Å². The largest absolute Gasteiger partial charge is 0.495 e. The van der Waals surface area contributed by atoms with Crippen molar-refractivity contribution in [2.45, 2.75) is 20.3 Å². The van der Waals surface area contributed by atoms with Gasteiger partial charge in [-0.15, -0.1) is 0 Å². The molecule has 0 saturated heterocycles. The highest BCUT2D eigenvalue weighted by molar-refractivity contribution is 5.15. The van der Waals surface area contributed by atoms with E-state index in [0.717, 1.165) is 0 Å². The Labute approximate surface area is 73.2 Å². The van der Waals surface area contributed by atoms with Crippen molar-refractivity contribution in [1.82, 2.24) is 0 Å². The van der Waals surface area contributed by atoms with Crippen LogP contribution in [0, 0.1) is 0 Å². The van der Waals surface area contributed by atoms with Gasteiger partial charge < -0.3 is 4.74 Å². The van der Waals surface area contributed by atoms with Crippen molar-refractivity contribution in [1.29, 1.82) is 0 Å². The predicted molar refractivity (Wildman–Crippen MR) is 49.4 cm³/mol. The molecule has 68 valence electrons. The van der Waals surface area contributed by atoms with Crippen LogP contribution in [0.2, 0.25) is 0 Å². The molecule has 0 fully saturated rings. The maximum absolute atomic E-state index is 12.5. The van der Waals surface area contributed by atoms with Gasteiger partial charge in [-0.1, -0.05) is 19.6 Å². The van der Waals surface area contributed by atoms with Crippen molar-refractivity contribution in [3.63, 3.8) is 0 Å². The summed E-state index contributed by atoms with van der Waals surface area (Å²) in [7, 11) is 0. The summed E-state index contributed by atoms with van der Waals surface area (Å²) in [4.78, 5) is 0. The normalized spacial score (nSPS) is 12.1. The van der Waals surface area contributed by atoms with Gasteiger partial charge in [0.25, 0.3) is 0 Å². The van der Waals surface area contributed by atoms with Crippen molar-refractivity contribution < 1.29 is 9.13 Å². The third-order valence-corrected chi connectivity index (χ3v) is 1.23. The number of hydrogen-bond acceptors (Lipinski definition) is 1. The van der Waals surface area contributed by atoms with E-state index in [4.69, 9.17) is 4.74 Å². The van der Waals surface area contributed by atoms with Crippen LogP contribution < -0.4 is 0 Å². The van der Waals surface area contributed by atoms with Gasteiger partial charge in [0.1, 0.15) is 5.76 Å². The second-order valence-corrected chi connectivity index (χ2v) is 2.23. The molecule has 1 nitrogen and oxygen atoms in total. The summed E-state index contributed by atoms with van der Waals surface area (Å²) in [5, 5.41) is 0. The van der Waals surface area contributed by atoms with E-state index in [1.807, 2.05) is 6.92 Å². The minimum absolute atomic E-state index is 0.143. The second-order valence-electron chi connectivity index (χ2n) is 2.23. The van der Waals surface area contributed by atoms with Crippen LogP contribution in [-0.4, -0.2) is 6.61 Å². The maximum Gasteiger partial charge on any atom is 0.112 e. The monoisotopic (exact) mass is 170 g/mol. The first-order chi connectivity index (χ1) is 5.70. The summed E-state index contributed by atoms with van der Waals surface area (Å²) in [5.74, 6) is 0.410. The Morgan fingerprint density at radius 1 is 1.50 bits per heavy atom. The molecule has 12 heavy (non-hydrogen) atoms. The molecule has 0 rings (SSSR count). The van der Waals surface area contributed by atoms with Gasteiger partial charge in [-0.2, -0.15) is 0 Å². The molecule has 0 amide bonds. The lowest BCUT2D eigenvalue weighted by Gasteiger charge is -1.98. The molecule has 0 aliphatic carbocycles. The molecule has 0 saturated carbocycles. The number of ether oxygens (including phenoxy) is 1. The number of hydrogen-bond donors (Lipinski definition) is 0. The fourth-order valence-corrected chi connectivity index (χ4v) is 0.611. The predicted octanol–water partition coefficient (Wildman–Crippen LogP) is 3.36. The van der Waals surface area contributed by atoms with E-state index in [2.05, 4.69) is 6.58 Å².